The van der Waals surface area contributed by atoms with E-state index < -0.39 is 6.10 Å². The van der Waals surface area contributed by atoms with Gasteiger partial charge in [-0.05, 0) is 50.1 Å². The Bertz CT molecular complexity index is 754. The van der Waals surface area contributed by atoms with Gasteiger partial charge in [0.15, 0.2) is 5.96 Å². The standard InChI is InChI=1S/C21H30N4O3.HI/c1-5-22-21(24-13-16-10-11-23-20(12-16)27-4)25-14-19(26)17-6-8-18(9-7-17)28-15(2)3;/h6-12,15,19,26H,5,13-14H2,1-4H3,(H2,22,24,25);1H. The van der Waals surface area contributed by atoms with E-state index in [1.54, 1.807) is 13.3 Å². The average molecular weight is 514 g/mol. The van der Waals surface area contributed by atoms with E-state index in [9.17, 15) is 5.11 Å². The van der Waals surface area contributed by atoms with Gasteiger partial charge in [0.05, 0.1) is 25.9 Å². The molecule has 1 aromatic heterocycles. The minimum Gasteiger partial charge on any atom is -0.491 e. The van der Waals surface area contributed by atoms with Gasteiger partial charge in [-0.25, -0.2) is 9.98 Å². The summed E-state index contributed by atoms with van der Waals surface area (Å²) in [6, 6.07) is 11.2. The molecule has 0 saturated carbocycles. The van der Waals surface area contributed by atoms with Crippen molar-refractivity contribution in [1.82, 2.24) is 15.6 Å². The fraction of sp³-hybridized carbons (Fsp3) is 0.429. The Labute approximate surface area is 190 Å². The van der Waals surface area contributed by atoms with Crippen LogP contribution in [-0.2, 0) is 6.54 Å². The van der Waals surface area contributed by atoms with Crippen molar-refractivity contribution in [2.75, 3.05) is 20.2 Å². The number of hydrogen-bond acceptors (Lipinski definition) is 5. The lowest BCUT2D eigenvalue weighted by Gasteiger charge is -2.16. The molecule has 0 radical (unpaired) electrons. The minimum absolute atomic E-state index is 0. The molecule has 0 spiro atoms. The Morgan fingerprint density at radius 2 is 1.90 bits per heavy atom. The van der Waals surface area contributed by atoms with Gasteiger partial charge in [-0.15, -0.1) is 24.0 Å². The molecule has 1 atom stereocenters. The zero-order valence-electron chi connectivity index (χ0n) is 17.4. The molecule has 3 N–H and O–H groups in total. The summed E-state index contributed by atoms with van der Waals surface area (Å²) >= 11 is 0. The number of nitrogens with one attached hydrogen (secondary N) is 2. The summed E-state index contributed by atoms with van der Waals surface area (Å²) in [7, 11) is 1.59. The van der Waals surface area contributed by atoms with Crippen LogP contribution >= 0.6 is 24.0 Å². The lowest BCUT2D eigenvalue weighted by Crippen LogP contribution is -2.39. The molecular weight excluding hydrogens is 483 g/mol. The maximum absolute atomic E-state index is 10.5. The fourth-order valence-corrected chi connectivity index (χ4v) is 2.52. The molecule has 0 bridgehead atoms. The first kappa shape index (κ1) is 25.0. The van der Waals surface area contributed by atoms with Gasteiger partial charge in [0, 0.05) is 25.4 Å². The van der Waals surface area contributed by atoms with Crippen LogP contribution in [0.1, 0.15) is 38.0 Å². The average Bonchev–Trinajstić information content (AvgIpc) is 2.70. The van der Waals surface area contributed by atoms with E-state index in [1.165, 1.54) is 0 Å². The van der Waals surface area contributed by atoms with Gasteiger partial charge >= 0.3 is 0 Å². The minimum atomic E-state index is -0.655. The second-order valence-electron chi connectivity index (χ2n) is 6.53. The zero-order valence-corrected chi connectivity index (χ0v) is 19.7. The van der Waals surface area contributed by atoms with Gasteiger partial charge in [-0.3, -0.25) is 0 Å². The number of nitrogens with zero attached hydrogens (tertiary/aromatic N) is 2. The molecule has 0 fully saturated rings. The second kappa shape index (κ2) is 13.2. The van der Waals surface area contributed by atoms with Crippen molar-refractivity contribution in [3.63, 3.8) is 0 Å². The second-order valence-corrected chi connectivity index (χ2v) is 6.53. The molecule has 0 aliphatic heterocycles. The highest BCUT2D eigenvalue weighted by Crippen LogP contribution is 2.18. The number of aliphatic imine (C=N–C) groups is 1. The van der Waals surface area contributed by atoms with Gasteiger partial charge in [-0.1, -0.05) is 12.1 Å². The third-order valence-corrected chi connectivity index (χ3v) is 3.87. The highest BCUT2D eigenvalue weighted by atomic mass is 127. The van der Waals surface area contributed by atoms with Crippen LogP contribution < -0.4 is 20.1 Å². The van der Waals surface area contributed by atoms with Crippen molar-refractivity contribution in [1.29, 1.82) is 0 Å². The number of ether oxygens (including phenoxy) is 2. The molecule has 2 rings (SSSR count). The predicted octanol–water partition coefficient (Wildman–Crippen LogP) is 3.28. The fourth-order valence-electron chi connectivity index (χ4n) is 2.52. The van der Waals surface area contributed by atoms with E-state index in [0.717, 1.165) is 23.4 Å². The quantitative estimate of drug-likeness (QED) is 0.271. The number of aromatic nitrogens is 1. The molecule has 29 heavy (non-hydrogen) atoms. The zero-order chi connectivity index (χ0) is 20.4. The molecule has 8 heteroatoms. The largest absolute Gasteiger partial charge is 0.491 e. The Morgan fingerprint density at radius 1 is 1.17 bits per heavy atom. The van der Waals surface area contributed by atoms with Crippen molar-refractivity contribution in [2.24, 2.45) is 4.99 Å². The van der Waals surface area contributed by atoms with Crippen molar-refractivity contribution in [3.8, 4) is 11.6 Å². The maximum atomic E-state index is 10.5. The number of guanidine groups is 1. The molecule has 0 aliphatic carbocycles. The van der Waals surface area contributed by atoms with E-state index >= 15 is 0 Å². The SMILES string of the molecule is CCNC(=NCc1ccnc(OC)c1)NCC(O)c1ccc(OC(C)C)cc1.I. The molecule has 1 unspecified atom stereocenters. The van der Waals surface area contributed by atoms with Gasteiger partial charge < -0.3 is 25.2 Å². The van der Waals surface area contributed by atoms with Crippen LogP contribution in [-0.4, -0.2) is 42.4 Å². The summed E-state index contributed by atoms with van der Waals surface area (Å²) in [6.07, 6.45) is 1.16. The molecule has 1 heterocycles. The Hall–Kier alpha value is -2.07. The van der Waals surface area contributed by atoms with Gasteiger partial charge in [0.1, 0.15) is 5.75 Å². The van der Waals surface area contributed by atoms with Crippen LogP contribution in [0.5, 0.6) is 11.6 Å². The predicted molar refractivity (Wildman–Crippen MR) is 126 cm³/mol. The molecule has 7 nitrogen and oxygen atoms in total. The van der Waals surface area contributed by atoms with Crippen LogP contribution in [0.15, 0.2) is 47.6 Å². The van der Waals surface area contributed by atoms with Gasteiger partial charge in [0.25, 0.3) is 0 Å². The summed E-state index contributed by atoms with van der Waals surface area (Å²) in [6.45, 7) is 7.51. The molecular formula is C21H31IN4O3. The molecule has 2 aromatic rings. The smallest absolute Gasteiger partial charge is 0.213 e. The first-order valence-electron chi connectivity index (χ1n) is 9.47. The Morgan fingerprint density at radius 3 is 2.52 bits per heavy atom. The summed E-state index contributed by atoms with van der Waals surface area (Å²) in [4.78, 5) is 8.64. The van der Waals surface area contributed by atoms with Crippen molar-refractivity contribution in [2.45, 2.75) is 39.5 Å². The summed E-state index contributed by atoms with van der Waals surface area (Å²) in [5, 5.41) is 16.8. The monoisotopic (exact) mass is 514 g/mol. The lowest BCUT2D eigenvalue weighted by molar-refractivity contribution is 0.180. The van der Waals surface area contributed by atoms with Crippen molar-refractivity contribution < 1.29 is 14.6 Å². The van der Waals surface area contributed by atoms with Crippen LogP contribution in [0.2, 0.25) is 0 Å². The third kappa shape index (κ3) is 8.86. The first-order chi connectivity index (χ1) is 13.5. The number of rotatable bonds is 9. The topological polar surface area (TPSA) is 88.0 Å². The number of hydrogen-bond donors (Lipinski definition) is 3. The normalized spacial score (nSPS) is 12.1. The summed E-state index contributed by atoms with van der Waals surface area (Å²) in [5.74, 6) is 1.99. The molecule has 0 saturated heterocycles. The van der Waals surface area contributed by atoms with E-state index in [-0.39, 0.29) is 30.1 Å². The highest BCUT2D eigenvalue weighted by molar-refractivity contribution is 14.0. The number of halogens is 1. The Balaban J connectivity index is 0.00000420. The number of methoxy groups -OCH3 is 1. The molecule has 0 aliphatic rings. The summed E-state index contributed by atoms with van der Waals surface area (Å²) in [5.41, 5.74) is 1.81. The number of pyridine rings is 1. The molecule has 1 aromatic carbocycles. The van der Waals surface area contributed by atoms with Gasteiger partial charge in [0.2, 0.25) is 5.88 Å². The van der Waals surface area contributed by atoms with Crippen LogP contribution in [0.4, 0.5) is 0 Å². The van der Waals surface area contributed by atoms with Crippen molar-refractivity contribution >= 4 is 29.9 Å². The third-order valence-electron chi connectivity index (χ3n) is 3.87. The van der Waals surface area contributed by atoms with Crippen LogP contribution in [0, 0.1) is 0 Å². The van der Waals surface area contributed by atoms with Crippen LogP contribution in [0.3, 0.4) is 0 Å². The maximum Gasteiger partial charge on any atom is 0.213 e. The van der Waals surface area contributed by atoms with Crippen LogP contribution in [0.25, 0.3) is 0 Å². The van der Waals surface area contributed by atoms with E-state index in [4.69, 9.17) is 9.47 Å². The molecule has 0 amide bonds. The number of aliphatic hydroxyl groups excluding tert-OH is 1. The first-order valence-corrected chi connectivity index (χ1v) is 9.47. The number of aliphatic hydroxyl groups is 1. The lowest BCUT2D eigenvalue weighted by atomic mass is 10.1. The van der Waals surface area contributed by atoms with E-state index in [2.05, 4.69) is 20.6 Å². The number of benzene rings is 1. The van der Waals surface area contributed by atoms with E-state index in [1.807, 2.05) is 57.2 Å². The Kier molecular flexibility index (Phi) is 11.4. The van der Waals surface area contributed by atoms with E-state index in [0.29, 0.717) is 24.9 Å². The summed E-state index contributed by atoms with van der Waals surface area (Å²) < 4.78 is 10.8. The molecule has 160 valence electrons. The van der Waals surface area contributed by atoms with Crippen molar-refractivity contribution in [3.05, 3.63) is 53.7 Å². The highest BCUT2D eigenvalue weighted by Gasteiger charge is 2.09. The van der Waals surface area contributed by atoms with Gasteiger partial charge in [-0.2, -0.15) is 0 Å².